The van der Waals surface area contributed by atoms with Crippen molar-refractivity contribution in [3.05, 3.63) is 104 Å². The number of methoxy groups -OCH3 is 1. The highest BCUT2D eigenvalue weighted by Gasteiger charge is 2.78. The molecule has 2 aliphatic carbocycles. The first-order valence-electron chi connectivity index (χ1n) is 13.8. The maximum atomic E-state index is 14.9. The van der Waals surface area contributed by atoms with Gasteiger partial charge in [-0.25, -0.2) is 0 Å². The SMILES string of the molecule is CCCCN1C(=O)C2(C(C#N)=CC3([N+](=O)[O-])C(c4cccc(OC)c4)OC4=CCC(Cl)C=C4C23)c2cc(C)ccc21. The number of allylic oxidation sites excluding steroid dienone is 3. The van der Waals surface area contributed by atoms with Gasteiger partial charge in [-0.2, -0.15) is 5.26 Å². The van der Waals surface area contributed by atoms with E-state index in [-0.39, 0.29) is 16.4 Å². The summed E-state index contributed by atoms with van der Waals surface area (Å²) in [6.45, 7) is 4.41. The Hall–Kier alpha value is -4.09. The van der Waals surface area contributed by atoms with Crippen LogP contribution < -0.4 is 9.64 Å². The van der Waals surface area contributed by atoms with E-state index >= 15 is 0 Å². The van der Waals surface area contributed by atoms with Gasteiger partial charge < -0.3 is 14.4 Å². The van der Waals surface area contributed by atoms with Gasteiger partial charge in [0.2, 0.25) is 5.91 Å². The molecule has 2 aliphatic heterocycles. The average Bonchev–Trinajstić information content (AvgIpc) is 3.42. The third-order valence-electron chi connectivity index (χ3n) is 8.86. The van der Waals surface area contributed by atoms with Gasteiger partial charge in [-0.1, -0.05) is 49.2 Å². The van der Waals surface area contributed by atoms with Gasteiger partial charge in [0.25, 0.3) is 5.54 Å². The lowest BCUT2D eigenvalue weighted by Crippen LogP contribution is -2.59. The highest BCUT2D eigenvalue weighted by Crippen LogP contribution is 2.67. The first-order chi connectivity index (χ1) is 19.7. The number of benzene rings is 2. The molecule has 5 atom stereocenters. The number of anilines is 1. The van der Waals surface area contributed by atoms with Crippen molar-refractivity contribution in [2.45, 2.75) is 55.5 Å². The number of halogens is 1. The van der Waals surface area contributed by atoms with E-state index in [9.17, 15) is 20.2 Å². The number of hydrogen-bond acceptors (Lipinski definition) is 6. The van der Waals surface area contributed by atoms with Crippen LogP contribution in [0.2, 0.25) is 0 Å². The highest BCUT2D eigenvalue weighted by molar-refractivity contribution is 6.22. The Morgan fingerprint density at radius 3 is 2.80 bits per heavy atom. The van der Waals surface area contributed by atoms with Crippen molar-refractivity contribution in [1.82, 2.24) is 0 Å². The minimum absolute atomic E-state index is 0.0605. The number of ether oxygens (including phenoxy) is 2. The molecule has 1 spiro atoms. The number of aryl methyl sites for hydroxylation is 1. The van der Waals surface area contributed by atoms with Crippen LogP contribution in [-0.2, 0) is 14.9 Å². The molecule has 210 valence electrons. The third-order valence-corrected chi connectivity index (χ3v) is 9.17. The molecule has 0 bridgehead atoms. The van der Waals surface area contributed by atoms with Crippen LogP contribution in [0, 0.1) is 34.3 Å². The topological polar surface area (TPSA) is 106 Å². The second kappa shape index (κ2) is 9.78. The molecule has 1 amide bonds. The third kappa shape index (κ3) is 3.61. The van der Waals surface area contributed by atoms with Gasteiger partial charge in [-0.3, -0.25) is 14.9 Å². The first-order valence-corrected chi connectivity index (χ1v) is 14.3. The minimum Gasteiger partial charge on any atom is -0.497 e. The predicted octanol–water partition coefficient (Wildman–Crippen LogP) is 6.08. The number of amides is 1. The monoisotopic (exact) mass is 571 g/mol. The van der Waals surface area contributed by atoms with Crippen molar-refractivity contribution in [2.24, 2.45) is 5.92 Å². The van der Waals surface area contributed by atoms with Crippen molar-refractivity contribution < 1.29 is 19.2 Å². The van der Waals surface area contributed by atoms with Crippen LogP contribution in [0.4, 0.5) is 5.69 Å². The molecular formula is C32H30ClN3O5. The van der Waals surface area contributed by atoms with Crippen molar-refractivity contribution in [1.29, 1.82) is 5.26 Å². The molecule has 0 aromatic heterocycles. The van der Waals surface area contributed by atoms with E-state index in [0.29, 0.717) is 46.9 Å². The van der Waals surface area contributed by atoms with Crippen LogP contribution in [0.3, 0.4) is 0 Å². The Morgan fingerprint density at radius 1 is 1.29 bits per heavy atom. The average molecular weight is 572 g/mol. The second-order valence-corrected chi connectivity index (χ2v) is 11.7. The van der Waals surface area contributed by atoms with Gasteiger partial charge in [0.1, 0.15) is 16.9 Å². The molecule has 0 radical (unpaired) electrons. The van der Waals surface area contributed by atoms with Crippen molar-refractivity contribution >= 4 is 23.2 Å². The molecule has 41 heavy (non-hydrogen) atoms. The van der Waals surface area contributed by atoms with Crippen LogP contribution in [0.25, 0.3) is 0 Å². The number of nitriles is 1. The zero-order valence-electron chi connectivity index (χ0n) is 23.1. The quantitative estimate of drug-likeness (QED) is 0.236. The Balaban J connectivity index is 1.70. The number of nitrogens with zero attached hydrogens (tertiary/aromatic N) is 3. The van der Waals surface area contributed by atoms with E-state index in [1.807, 2.05) is 38.1 Å². The summed E-state index contributed by atoms with van der Waals surface area (Å²) in [5.74, 6) is -0.423. The fourth-order valence-electron chi connectivity index (χ4n) is 7.13. The van der Waals surface area contributed by atoms with E-state index in [1.165, 1.54) is 13.2 Å². The fraction of sp³-hybridized carbons (Fsp3) is 0.375. The molecule has 8 nitrogen and oxygen atoms in total. The number of unbranched alkanes of at least 4 members (excludes halogenated alkanes) is 1. The molecule has 6 rings (SSSR count). The number of alkyl halides is 1. The van der Waals surface area contributed by atoms with Gasteiger partial charge in [0, 0.05) is 34.4 Å². The van der Waals surface area contributed by atoms with Crippen molar-refractivity contribution in [2.75, 3.05) is 18.6 Å². The van der Waals surface area contributed by atoms with Gasteiger partial charge in [0.05, 0.1) is 30.0 Å². The van der Waals surface area contributed by atoms with Crippen LogP contribution in [0.1, 0.15) is 49.0 Å². The maximum Gasteiger partial charge on any atom is 0.290 e. The molecule has 2 heterocycles. The van der Waals surface area contributed by atoms with Gasteiger partial charge in [-0.15, -0.1) is 11.6 Å². The Morgan fingerprint density at radius 2 is 2.10 bits per heavy atom. The number of carbonyl (C=O) groups is 1. The zero-order chi connectivity index (χ0) is 29.1. The summed E-state index contributed by atoms with van der Waals surface area (Å²) in [6.07, 6.45) is 5.95. The number of rotatable bonds is 6. The Labute approximate surface area is 243 Å². The summed E-state index contributed by atoms with van der Waals surface area (Å²) in [5.41, 5.74) is -0.335. The molecular weight excluding hydrogens is 542 g/mol. The minimum atomic E-state index is -1.98. The second-order valence-electron chi connectivity index (χ2n) is 11.1. The largest absolute Gasteiger partial charge is 0.497 e. The van der Waals surface area contributed by atoms with E-state index in [1.54, 1.807) is 35.2 Å². The van der Waals surface area contributed by atoms with Crippen LogP contribution >= 0.6 is 11.6 Å². The standard InChI is InChI=1S/C32H30ClN3O5/c1-4-5-13-35-26-11-9-19(2)14-25(26)32(30(35)37)21(18-34)17-31(36(38)39)28(32)24-16-22(33)10-12-27(24)41-29(31)20-7-6-8-23(15-20)40-3/h6-9,11-12,14-17,22,28-29H,4-5,10,13H2,1-3H3. The van der Waals surface area contributed by atoms with Crippen LogP contribution in [-0.4, -0.2) is 35.4 Å². The summed E-state index contributed by atoms with van der Waals surface area (Å²) < 4.78 is 11.9. The van der Waals surface area contributed by atoms with Gasteiger partial charge in [-0.05, 0) is 49.6 Å². The molecule has 4 aliphatic rings. The molecule has 2 aromatic carbocycles. The maximum absolute atomic E-state index is 14.9. The van der Waals surface area contributed by atoms with E-state index < -0.39 is 28.4 Å². The van der Waals surface area contributed by atoms with Crippen molar-refractivity contribution in [3.63, 3.8) is 0 Å². The Kier molecular flexibility index (Phi) is 6.46. The number of fused-ring (bicyclic) bond motifs is 6. The van der Waals surface area contributed by atoms with E-state index in [4.69, 9.17) is 21.1 Å². The number of carbonyl (C=O) groups excluding carboxylic acids is 1. The summed E-state index contributed by atoms with van der Waals surface area (Å²) in [5, 5.41) is 23.8. The molecule has 9 heteroatoms. The van der Waals surface area contributed by atoms with Gasteiger partial charge in [0.15, 0.2) is 6.10 Å². The number of hydrogen-bond donors (Lipinski definition) is 0. The lowest BCUT2D eigenvalue weighted by atomic mass is 9.59. The Bertz CT molecular complexity index is 1610. The molecule has 5 unspecified atom stereocenters. The van der Waals surface area contributed by atoms with E-state index in [0.717, 1.165) is 18.4 Å². The van der Waals surface area contributed by atoms with Crippen LogP contribution in [0.15, 0.2) is 77.6 Å². The summed E-state index contributed by atoms with van der Waals surface area (Å²) in [4.78, 5) is 29.7. The van der Waals surface area contributed by atoms with Gasteiger partial charge >= 0.3 is 0 Å². The molecule has 1 fully saturated rings. The lowest BCUT2D eigenvalue weighted by Gasteiger charge is -2.46. The predicted molar refractivity (Wildman–Crippen MR) is 154 cm³/mol. The summed E-state index contributed by atoms with van der Waals surface area (Å²) in [7, 11) is 1.53. The molecule has 2 aromatic rings. The summed E-state index contributed by atoms with van der Waals surface area (Å²) in [6, 6.07) is 14.9. The highest BCUT2D eigenvalue weighted by atomic mass is 35.5. The molecule has 1 saturated heterocycles. The molecule has 0 N–H and O–H groups in total. The fourth-order valence-corrected chi connectivity index (χ4v) is 7.35. The smallest absolute Gasteiger partial charge is 0.290 e. The van der Waals surface area contributed by atoms with Crippen molar-refractivity contribution in [3.8, 4) is 11.8 Å². The zero-order valence-corrected chi connectivity index (χ0v) is 23.9. The lowest BCUT2D eigenvalue weighted by molar-refractivity contribution is -0.580. The van der Waals surface area contributed by atoms with E-state index in [2.05, 4.69) is 6.07 Å². The molecule has 0 saturated carbocycles. The first kappa shape index (κ1) is 27.1. The number of nitro groups is 1. The van der Waals surface area contributed by atoms with Crippen LogP contribution in [0.5, 0.6) is 5.75 Å². The normalized spacial score (nSPS) is 29.4. The summed E-state index contributed by atoms with van der Waals surface area (Å²) >= 11 is 6.63.